The molecule has 4 rings (SSSR count). The van der Waals surface area contributed by atoms with E-state index in [1.807, 2.05) is 6.92 Å². The molecule has 12 heteroatoms. The molecule has 0 spiro atoms. The third-order valence-corrected chi connectivity index (χ3v) is 6.70. The van der Waals surface area contributed by atoms with E-state index >= 15 is 0 Å². The van der Waals surface area contributed by atoms with E-state index in [0.717, 1.165) is 11.1 Å². The van der Waals surface area contributed by atoms with Gasteiger partial charge in [0, 0.05) is 28.5 Å². The first kappa shape index (κ1) is 22.5. The van der Waals surface area contributed by atoms with Crippen LogP contribution in [-0.4, -0.2) is 45.1 Å². The number of halogens is 4. The van der Waals surface area contributed by atoms with Gasteiger partial charge in [-0.2, -0.15) is 13.9 Å². The van der Waals surface area contributed by atoms with Crippen LogP contribution >= 0.6 is 11.3 Å². The van der Waals surface area contributed by atoms with Gasteiger partial charge in [-0.15, -0.1) is 11.3 Å². The zero-order valence-corrected chi connectivity index (χ0v) is 17.8. The van der Waals surface area contributed by atoms with Gasteiger partial charge < -0.3 is 15.8 Å². The molecule has 3 aromatic heterocycles. The smallest absolute Gasteiger partial charge is 0.387 e. The molecule has 1 aliphatic carbocycles. The number of rotatable bonds is 6. The van der Waals surface area contributed by atoms with E-state index in [-0.39, 0.29) is 17.0 Å². The van der Waals surface area contributed by atoms with Crippen molar-refractivity contribution in [2.24, 2.45) is 5.73 Å². The normalized spacial score (nSPS) is 20.6. The predicted octanol–water partition coefficient (Wildman–Crippen LogP) is 3.87. The van der Waals surface area contributed by atoms with Crippen molar-refractivity contribution in [1.29, 1.82) is 0 Å². The molecule has 1 fully saturated rings. The molecule has 0 aliphatic heterocycles. The molecule has 1 saturated carbocycles. The summed E-state index contributed by atoms with van der Waals surface area (Å²) in [6, 6.07) is -0.638. The van der Waals surface area contributed by atoms with Crippen LogP contribution < -0.4 is 15.8 Å². The van der Waals surface area contributed by atoms with Gasteiger partial charge in [-0.3, -0.25) is 4.79 Å². The molecule has 7 nitrogen and oxygen atoms in total. The topological polar surface area (TPSA) is 94.5 Å². The number of nitrogens with two attached hydrogens (primary N) is 1. The van der Waals surface area contributed by atoms with Crippen molar-refractivity contribution in [1.82, 2.24) is 19.9 Å². The number of fused-ring (bicyclic) bond motifs is 1. The number of carbonyl (C=O) groups excluding carboxylic acids is 1. The van der Waals surface area contributed by atoms with Crippen molar-refractivity contribution in [3.8, 4) is 16.9 Å². The molecule has 0 saturated heterocycles. The number of carbonyl (C=O) groups is 1. The number of aromatic nitrogens is 3. The zero-order valence-electron chi connectivity index (χ0n) is 17.0. The van der Waals surface area contributed by atoms with Crippen molar-refractivity contribution in [3.05, 3.63) is 34.4 Å². The fraction of sp³-hybridized carbons (Fsp3) is 0.450. The molecule has 1 aliphatic rings. The van der Waals surface area contributed by atoms with Crippen LogP contribution in [0.1, 0.15) is 40.7 Å². The van der Waals surface area contributed by atoms with Crippen LogP contribution in [0.3, 0.4) is 0 Å². The summed E-state index contributed by atoms with van der Waals surface area (Å²) in [6.45, 7) is -1.09. The Morgan fingerprint density at radius 1 is 1.41 bits per heavy atom. The third-order valence-electron chi connectivity index (χ3n) is 5.42. The van der Waals surface area contributed by atoms with Gasteiger partial charge in [-0.25, -0.2) is 18.3 Å². The average Bonchev–Trinajstić information content (AvgIpc) is 3.33. The number of hydrogen-bond donors (Lipinski definition) is 2. The lowest BCUT2D eigenvalue weighted by Crippen LogP contribution is -2.59. The first-order valence-electron chi connectivity index (χ1n) is 10.0. The van der Waals surface area contributed by atoms with Crippen LogP contribution in [0, 0.1) is 0 Å². The van der Waals surface area contributed by atoms with E-state index in [1.54, 1.807) is 6.07 Å². The molecule has 0 aromatic carbocycles. The number of aryl methyl sites for hydroxylation is 1. The van der Waals surface area contributed by atoms with Gasteiger partial charge in [0.15, 0.2) is 11.4 Å². The minimum Gasteiger partial charge on any atom is -0.432 e. The van der Waals surface area contributed by atoms with Gasteiger partial charge in [0.2, 0.25) is 0 Å². The Morgan fingerprint density at radius 2 is 2.19 bits per heavy atom. The van der Waals surface area contributed by atoms with Gasteiger partial charge in [0.05, 0.1) is 23.5 Å². The maximum atomic E-state index is 14.3. The number of nitrogens with zero attached hydrogens (tertiary/aromatic N) is 3. The largest absolute Gasteiger partial charge is 0.432 e. The van der Waals surface area contributed by atoms with E-state index in [1.165, 1.54) is 28.2 Å². The summed E-state index contributed by atoms with van der Waals surface area (Å²) in [5.41, 5.74) is 7.49. The lowest BCUT2D eigenvalue weighted by atomic mass is 9.87. The number of hydrogen-bond acceptors (Lipinski definition) is 6. The first-order valence-corrected chi connectivity index (χ1v) is 10.9. The molecule has 172 valence electrons. The van der Waals surface area contributed by atoms with Crippen LogP contribution in [0.25, 0.3) is 16.8 Å². The third kappa shape index (κ3) is 4.29. The standard InChI is InChI=1S/C20H21F4N5O2S/c1-2-14-11(12-8-27-29-9-10(31-19(21)22)7-26-17(12)29)6-15(32-14)18(30)28-16-13(25)4-3-5-20(16,23)24/h6-9,13,16,19H,2-5,25H2,1H3,(H,28,30). The minimum atomic E-state index is -3.06. The highest BCUT2D eigenvalue weighted by atomic mass is 32.1. The van der Waals surface area contributed by atoms with E-state index in [4.69, 9.17) is 5.73 Å². The van der Waals surface area contributed by atoms with E-state index < -0.39 is 30.5 Å². The van der Waals surface area contributed by atoms with Gasteiger partial charge in [-0.05, 0) is 25.3 Å². The maximum Gasteiger partial charge on any atom is 0.387 e. The second-order valence-electron chi connectivity index (χ2n) is 7.56. The molecule has 2 unspecified atom stereocenters. The predicted molar refractivity (Wildman–Crippen MR) is 110 cm³/mol. The Kier molecular flexibility index (Phi) is 6.08. The Bertz CT molecular complexity index is 1130. The molecule has 32 heavy (non-hydrogen) atoms. The summed E-state index contributed by atoms with van der Waals surface area (Å²) in [5.74, 6) is -3.83. The molecule has 0 radical (unpaired) electrons. The second-order valence-corrected chi connectivity index (χ2v) is 8.70. The second kappa shape index (κ2) is 8.66. The van der Waals surface area contributed by atoms with Crippen LogP contribution in [0.2, 0.25) is 0 Å². The average molecular weight is 471 g/mol. The minimum absolute atomic E-state index is 0.145. The van der Waals surface area contributed by atoms with Crippen molar-refractivity contribution in [2.75, 3.05) is 0 Å². The van der Waals surface area contributed by atoms with Gasteiger partial charge in [0.25, 0.3) is 11.8 Å². The van der Waals surface area contributed by atoms with Crippen LogP contribution in [-0.2, 0) is 6.42 Å². The number of nitrogens with one attached hydrogen (secondary N) is 1. The van der Waals surface area contributed by atoms with Crippen molar-refractivity contribution in [3.63, 3.8) is 0 Å². The highest BCUT2D eigenvalue weighted by Gasteiger charge is 2.46. The number of alkyl halides is 4. The van der Waals surface area contributed by atoms with Gasteiger partial charge in [0.1, 0.15) is 6.04 Å². The summed E-state index contributed by atoms with van der Waals surface area (Å²) in [7, 11) is 0. The fourth-order valence-corrected chi connectivity index (χ4v) is 4.89. The van der Waals surface area contributed by atoms with Crippen molar-refractivity contribution >= 4 is 22.9 Å². The Hall–Kier alpha value is -2.73. The van der Waals surface area contributed by atoms with Crippen molar-refractivity contribution in [2.45, 2.75) is 57.2 Å². The number of amides is 1. The lowest BCUT2D eigenvalue weighted by molar-refractivity contribution is -0.0674. The van der Waals surface area contributed by atoms with Crippen molar-refractivity contribution < 1.29 is 27.1 Å². The molecule has 0 bridgehead atoms. The Labute approximate surface area is 184 Å². The summed E-state index contributed by atoms with van der Waals surface area (Å²) in [6.07, 6.45) is 4.93. The molecular formula is C20H21F4N5O2S. The van der Waals surface area contributed by atoms with Crippen LogP contribution in [0.15, 0.2) is 24.7 Å². The molecular weight excluding hydrogens is 450 g/mol. The zero-order chi connectivity index (χ0) is 23.0. The summed E-state index contributed by atoms with van der Waals surface area (Å²) in [5, 5.41) is 6.55. The number of thiophene rings is 1. The molecule has 3 N–H and O–H groups in total. The molecule has 2 atom stereocenters. The first-order chi connectivity index (χ1) is 15.2. The molecule has 3 heterocycles. The van der Waals surface area contributed by atoms with E-state index in [2.05, 4.69) is 20.1 Å². The highest BCUT2D eigenvalue weighted by molar-refractivity contribution is 7.14. The quantitative estimate of drug-likeness (QED) is 0.533. The van der Waals surface area contributed by atoms with E-state index in [9.17, 15) is 22.4 Å². The van der Waals surface area contributed by atoms with Crippen LogP contribution in [0.5, 0.6) is 5.75 Å². The SMILES string of the molecule is CCc1sc(C(=O)NC2C(N)CCCC2(F)F)cc1-c1cnn2cc(OC(F)F)cnc12. The molecule has 1 amide bonds. The Morgan fingerprint density at radius 3 is 2.88 bits per heavy atom. The fourth-order valence-electron chi connectivity index (χ4n) is 3.88. The van der Waals surface area contributed by atoms with Crippen LogP contribution in [0.4, 0.5) is 17.6 Å². The van der Waals surface area contributed by atoms with Gasteiger partial charge in [-0.1, -0.05) is 6.92 Å². The lowest BCUT2D eigenvalue weighted by Gasteiger charge is -2.36. The number of ether oxygens (including phenoxy) is 1. The monoisotopic (exact) mass is 471 g/mol. The van der Waals surface area contributed by atoms with E-state index in [0.29, 0.717) is 36.0 Å². The Balaban J connectivity index is 1.63. The summed E-state index contributed by atoms with van der Waals surface area (Å²) < 4.78 is 59.1. The maximum absolute atomic E-state index is 14.3. The summed E-state index contributed by atoms with van der Waals surface area (Å²) in [4.78, 5) is 18.0. The molecule has 3 aromatic rings. The van der Waals surface area contributed by atoms with Gasteiger partial charge >= 0.3 is 6.61 Å². The summed E-state index contributed by atoms with van der Waals surface area (Å²) >= 11 is 1.19. The highest BCUT2D eigenvalue weighted by Crippen LogP contribution is 2.36.